The van der Waals surface area contributed by atoms with Crippen molar-refractivity contribution in [1.82, 2.24) is 19.8 Å². The van der Waals surface area contributed by atoms with E-state index in [2.05, 4.69) is 16.3 Å². The van der Waals surface area contributed by atoms with Crippen LogP contribution >= 0.6 is 11.8 Å². The molecule has 2 aromatic rings. The van der Waals surface area contributed by atoms with Crippen LogP contribution in [0.25, 0.3) is 0 Å². The summed E-state index contributed by atoms with van der Waals surface area (Å²) < 4.78 is 0.921. The number of aromatic nitrogens is 3. The molecule has 0 saturated heterocycles. The molecule has 0 spiro atoms. The first-order chi connectivity index (χ1) is 11.3. The van der Waals surface area contributed by atoms with E-state index < -0.39 is 5.56 Å². The molecule has 1 aromatic carbocycles. The number of carbonyl (C=O) groups is 1. The van der Waals surface area contributed by atoms with Crippen LogP contribution < -0.4 is 11.4 Å². The zero-order valence-corrected chi connectivity index (χ0v) is 15.1. The molecule has 2 rings (SSSR count). The zero-order valence-electron chi connectivity index (χ0n) is 14.2. The topological polar surface area (TPSA) is 94.1 Å². The Labute approximate surface area is 144 Å². The third-order valence-electron chi connectivity index (χ3n) is 3.68. The van der Waals surface area contributed by atoms with E-state index in [4.69, 9.17) is 5.84 Å². The lowest BCUT2D eigenvalue weighted by molar-refractivity contribution is -0.127. The predicted octanol–water partition coefficient (Wildman–Crippen LogP) is 1.03. The van der Waals surface area contributed by atoms with E-state index in [-0.39, 0.29) is 22.5 Å². The van der Waals surface area contributed by atoms with Gasteiger partial charge in [-0.05, 0) is 31.9 Å². The van der Waals surface area contributed by atoms with Crippen LogP contribution in [-0.2, 0) is 11.3 Å². The average Bonchev–Trinajstić information content (AvgIpc) is 2.54. The second-order valence-electron chi connectivity index (χ2n) is 5.71. The maximum atomic E-state index is 12.3. The number of benzene rings is 1. The van der Waals surface area contributed by atoms with Gasteiger partial charge in [0.25, 0.3) is 5.56 Å². The van der Waals surface area contributed by atoms with Crippen LogP contribution in [0.4, 0.5) is 0 Å². The van der Waals surface area contributed by atoms with E-state index in [9.17, 15) is 9.59 Å². The molecule has 0 atom stereocenters. The number of nitrogens with two attached hydrogens (primary N) is 1. The molecule has 0 unspecified atom stereocenters. The van der Waals surface area contributed by atoms with Gasteiger partial charge in [-0.25, -0.2) is 0 Å². The predicted molar refractivity (Wildman–Crippen MR) is 94.3 cm³/mol. The van der Waals surface area contributed by atoms with Crippen LogP contribution in [0.15, 0.2) is 28.2 Å². The maximum absolute atomic E-state index is 12.3. The second-order valence-corrected chi connectivity index (χ2v) is 6.65. The molecule has 0 fully saturated rings. The van der Waals surface area contributed by atoms with Crippen molar-refractivity contribution in [2.75, 3.05) is 18.6 Å². The Balaban J connectivity index is 1.99. The van der Waals surface area contributed by atoms with E-state index in [1.165, 1.54) is 12.5 Å². The number of amides is 1. The number of nitrogen functional groups attached to an aromatic ring is 1. The standard InChI is InChI=1S/C16H21N5O2S/c1-10-5-6-13(11(2)7-10)8-20(4)14(22)9-24-16-19-18-12(3)15(23)21(16)17/h5-7H,8-9,17H2,1-4H3. The fourth-order valence-corrected chi connectivity index (χ4v) is 2.97. The molecule has 0 aliphatic heterocycles. The van der Waals surface area contributed by atoms with E-state index >= 15 is 0 Å². The quantitative estimate of drug-likeness (QED) is 0.641. The summed E-state index contributed by atoms with van der Waals surface area (Å²) in [6.07, 6.45) is 0. The highest BCUT2D eigenvalue weighted by Crippen LogP contribution is 2.15. The minimum atomic E-state index is -0.413. The summed E-state index contributed by atoms with van der Waals surface area (Å²) in [6, 6.07) is 6.16. The molecule has 24 heavy (non-hydrogen) atoms. The zero-order chi connectivity index (χ0) is 17.9. The molecule has 7 nitrogen and oxygen atoms in total. The molecule has 0 aliphatic rings. The fraction of sp³-hybridized carbons (Fsp3) is 0.375. The first kappa shape index (κ1) is 18.0. The number of thioether (sulfide) groups is 1. The average molecular weight is 347 g/mol. The summed E-state index contributed by atoms with van der Waals surface area (Å²) in [5.74, 6) is 5.72. The molecule has 2 N–H and O–H groups in total. The Morgan fingerprint density at radius 1 is 1.29 bits per heavy atom. The molecule has 1 amide bonds. The Hall–Kier alpha value is -2.35. The van der Waals surface area contributed by atoms with Crippen LogP contribution in [0.2, 0.25) is 0 Å². The molecular formula is C16H21N5O2S. The first-order valence-corrected chi connectivity index (χ1v) is 8.42. The van der Waals surface area contributed by atoms with Crippen molar-refractivity contribution in [2.45, 2.75) is 32.5 Å². The van der Waals surface area contributed by atoms with Crippen molar-refractivity contribution >= 4 is 17.7 Å². The number of hydrogen-bond acceptors (Lipinski definition) is 6. The van der Waals surface area contributed by atoms with Crippen molar-refractivity contribution in [3.8, 4) is 0 Å². The molecule has 0 aliphatic carbocycles. The lowest BCUT2D eigenvalue weighted by atomic mass is 10.1. The van der Waals surface area contributed by atoms with E-state index in [0.29, 0.717) is 6.54 Å². The van der Waals surface area contributed by atoms with Gasteiger partial charge in [-0.1, -0.05) is 35.5 Å². The maximum Gasteiger partial charge on any atom is 0.294 e. The summed E-state index contributed by atoms with van der Waals surface area (Å²) in [6.45, 7) is 6.14. The summed E-state index contributed by atoms with van der Waals surface area (Å²) in [5, 5.41) is 7.82. The monoisotopic (exact) mass is 347 g/mol. The lowest BCUT2D eigenvalue weighted by Crippen LogP contribution is -2.33. The highest BCUT2D eigenvalue weighted by atomic mass is 32.2. The van der Waals surface area contributed by atoms with Crippen molar-refractivity contribution in [2.24, 2.45) is 0 Å². The van der Waals surface area contributed by atoms with Gasteiger partial charge < -0.3 is 10.7 Å². The number of carbonyl (C=O) groups excluding carboxylic acids is 1. The Morgan fingerprint density at radius 2 is 2.00 bits per heavy atom. The van der Waals surface area contributed by atoms with Crippen molar-refractivity contribution in [1.29, 1.82) is 0 Å². The van der Waals surface area contributed by atoms with Gasteiger partial charge in [-0.2, -0.15) is 4.68 Å². The number of nitrogens with zero attached hydrogens (tertiary/aromatic N) is 4. The van der Waals surface area contributed by atoms with Crippen LogP contribution in [0.5, 0.6) is 0 Å². The minimum Gasteiger partial charge on any atom is -0.341 e. The minimum absolute atomic E-state index is 0.0743. The number of hydrogen-bond donors (Lipinski definition) is 1. The smallest absolute Gasteiger partial charge is 0.294 e. The van der Waals surface area contributed by atoms with E-state index in [0.717, 1.165) is 27.6 Å². The third-order valence-corrected chi connectivity index (χ3v) is 4.60. The molecular weight excluding hydrogens is 326 g/mol. The van der Waals surface area contributed by atoms with E-state index in [1.54, 1.807) is 11.9 Å². The molecule has 0 bridgehead atoms. The largest absolute Gasteiger partial charge is 0.341 e. The number of aryl methyl sites for hydroxylation is 3. The van der Waals surface area contributed by atoms with Crippen LogP contribution in [-0.4, -0.2) is 38.5 Å². The van der Waals surface area contributed by atoms with Crippen molar-refractivity contribution < 1.29 is 4.79 Å². The Morgan fingerprint density at radius 3 is 2.67 bits per heavy atom. The molecule has 128 valence electrons. The van der Waals surface area contributed by atoms with Crippen LogP contribution in [0, 0.1) is 20.8 Å². The highest BCUT2D eigenvalue weighted by molar-refractivity contribution is 7.99. The molecule has 8 heteroatoms. The molecule has 0 saturated carbocycles. The van der Waals surface area contributed by atoms with Gasteiger partial charge in [-0.3, -0.25) is 9.59 Å². The van der Waals surface area contributed by atoms with Gasteiger partial charge in [0.05, 0.1) is 5.75 Å². The summed E-state index contributed by atoms with van der Waals surface area (Å²) in [4.78, 5) is 25.6. The third kappa shape index (κ3) is 4.14. The van der Waals surface area contributed by atoms with Gasteiger partial charge in [0, 0.05) is 13.6 Å². The van der Waals surface area contributed by atoms with Crippen LogP contribution in [0.3, 0.4) is 0 Å². The highest BCUT2D eigenvalue weighted by Gasteiger charge is 2.14. The normalized spacial score (nSPS) is 10.7. The summed E-state index contributed by atoms with van der Waals surface area (Å²) >= 11 is 1.10. The molecule has 1 aromatic heterocycles. The van der Waals surface area contributed by atoms with Crippen LogP contribution in [0.1, 0.15) is 22.4 Å². The second kappa shape index (κ2) is 7.48. The lowest BCUT2D eigenvalue weighted by Gasteiger charge is -2.18. The van der Waals surface area contributed by atoms with Gasteiger partial charge in [-0.15, -0.1) is 10.2 Å². The van der Waals surface area contributed by atoms with E-state index in [1.807, 2.05) is 26.0 Å². The summed E-state index contributed by atoms with van der Waals surface area (Å²) in [5.41, 5.74) is 3.26. The van der Waals surface area contributed by atoms with Gasteiger partial charge in [0.2, 0.25) is 11.1 Å². The fourth-order valence-electron chi connectivity index (χ4n) is 2.17. The molecule has 1 heterocycles. The Kier molecular flexibility index (Phi) is 5.61. The summed E-state index contributed by atoms with van der Waals surface area (Å²) in [7, 11) is 1.75. The first-order valence-electron chi connectivity index (χ1n) is 7.44. The van der Waals surface area contributed by atoms with Crippen molar-refractivity contribution in [3.63, 3.8) is 0 Å². The van der Waals surface area contributed by atoms with Gasteiger partial charge in [0.15, 0.2) is 0 Å². The van der Waals surface area contributed by atoms with Gasteiger partial charge >= 0.3 is 0 Å². The number of rotatable bonds is 5. The van der Waals surface area contributed by atoms with Crippen molar-refractivity contribution in [3.05, 3.63) is 50.9 Å². The molecule has 0 radical (unpaired) electrons. The van der Waals surface area contributed by atoms with Gasteiger partial charge in [0.1, 0.15) is 5.69 Å². The SMILES string of the molecule is Cc1ccc(CN(C)C(=O)CSc2nnc(C)c(=O)n2N)c(C)c1. The Bertz CT molecular complexity index is 819.